The van der Waals surface area contributed by atoms with Crippen LogP contribution >= 0.6 is 11.6 Å². The number of H-pyrrole nitrogens is 1. The Labute approximate surface area is 137 Å². The van der Waals surface area contributed by atoms with Crippen LogP contribution in [0.1, 0.15) is 12.0 Å². The molecule has 2 N–H and O–H groups in total. The number of amides is 1. The van der Waals surface area contributed by atoms with Crippen LogP contribution in [0.4, 0.5) is 5.82 Å². The molecule has 0 spiro atoms. The fraction of sp³-hybridized carbons (Fsp3) is 0.125. The van der Waals surface area contributed by atoms with E-state index in [4.69, 9.17) is 11.6 Å². The molecule has 0 aliphatic heterocycles. The molecule has 23 heavy (non-hydrogen) atoms. The van der Waals surface area contributed by atoms with Gasteiger partial charge in [0.15, 0.2) is 5.82 Å². The van der Waals surface area contributed by atoms with E-state index >= 15 is 0 Å². The molecule has 1 amide bonds. The molecule has 0 saturated heterocycles. The van der Waals surface area contributed by atoms with Crippen molar-refractivity contribution in [3.63, 3.8) is 0 Å². The van der Waals surface area contributed by atoms with Crippen molar-refractivity contribution in [1.82, 2.24) is 20.2 Å². The predicted molar refractivity (Wildman–Crippen MR) is 88.0 cm³/mol. The van der Waals surface area contributed by atoms with Crippen LogP contribution in [0.5, 0.6) is 0 Å². The molecular weight excluding hydrogens is 314 g/mol. The van der Waals surface area contributed by atoms with Gasteiger partial charge in [-0.05, 0) is 30.2 Å². The van der Waals surface area contributed by atoms with Crippen molar-refractivity contribution < 1.29 is 4.79 Å². The number of nitrogens with zero attached hydrogens (tertiary/aromatic N) is 3. The van der Waals surface area contributed by atoms with Crippen molar-refractivity contribution in [2.75, 3.05) is 5.32 Å². The fourth-order valence-electron chi connectivity index (χ4n) is 2.08. The summed E-state index contributed by atoms with van der Waals surface area (Å²) in [6, 6.07) is 9.10. The van der Waals surface area contributed by atoms with Crippen LogP contribution in [0, 0.1) is 0 Å². The molecule has 0 aliphatic carbocycles. The van der Waals surface area contributed by atoms with E-state index in [-0.39, 0.29) is 5.91 Å². The summed E-state index contributed by atoms with van der Waals surface area (Å²) in [7, 11) is 0. The average molecular weight is 328 g/mol. The number of hydrogen-bond acceptors (Lipinski definition) is 4. The SMILES string of the molecule is O=C(CCc1ccc(Cl)nc1)Nc1cc(-c2ccncc2)[nH]n1. The van der Waals surface area contributed by atoms with Gasteiger partial charge in [0, 0.05) is 36.6 Å². The Kier molecular flexibility index (Phi) is 4.63. The van der Waals surface area contributed by atoms with Gasteiger partial charge in [0.25, 0.3) is 0 Å². The molecule has 3 rings (SSSR count). The third-order valence-corrected chi connectivity index (χ3v) is 3.49. The number of rotatable bonds is 5. The summed E-state index contributed by atoms with van der Waals surface area (Å²) in [5, 5.41) is 10.2. The number of hydrogen-bond donors (Lipinski definition) is 2. The Morgan fingerprint density at radius 1 is 1.22 bits per heavy atom. The van der Waals surface area contributed by atoms with E-state index in [1.165, 1.54) is 0 Å². The summed E-state index contributed by atoms with van der Waals surface area (Å²) in [6.45, 7) is 0. The highest BCUT2D eigenvalue weighted by Gasteiger charge is 2.08. The zero-order valence-corrected chi connectivity index (χ0v) is 12.9. The van der Waals surface area contributed by atoms with Crippen LogP contribution in [0.3, 0.4) is 0 Å². The number of anilines is 1. The number of aryl methyl sites for hydroxylation is 1. The Bertz CT molecular complexity index is 786. The highest BCUT2D eigenvalue weighted by molar-refractivity contribution is 6.29. The maximum absolute atomic E-state index is 12.0. The van der Waals surface area contributed by atoms with Gasteiger partial charge in [-0.15, -0.1) is 0 Å². The predicted octanol–water partition coefficient (Wildman–Crippen LogP) is 3.09. The zero-order chi connectivity index (χ0) is 16.1. The molecular formula is C16H14ClN5O. The van der Waals surface area contributed by atoms with E-state index in [2.05, 4.69) is 25.5 Å². The average Bonchev–Trinajstić information content (AvgIpc) is 3.04. The summed E-state index contributed by atoms with van der Waals surface area (Å²) in [5.74, 6) is 0.392. The van der Waals surface area contributed by atoms with Crippen molar-refractivity contribution in [2.45, 2.75) is 12.8 Å². The van der Waals surface area contributed by atoms with E-state index in [0.717, 1.165) is 16.8 Å². The van der Waals surface area contributed by atoms with Gasteiger partial charge >= 0.3 is 0 Å². The fourth-order valence-corrected chi connectivity index (χ4v) is 2.19. The molecule has 7 heteroatoms. The minimum Gasteiger partial charge on any atom is -0.309 e. The van der Waals surface area contributed by atoms with Crippen molar-refractivity contribution in [1.29, 1.82) is 0 Å². The molecule has 3 aromatic heterocycles. The van der Waals surface area contributed by atoms with E-state index in [1.54, 1.807) is 30.7 Å². The maximum Gasteiger partial charge on any atom is 0.225 e. The van der Waals surface area contributed by atoms with Gasteiger partial charge in [0.05, 0.1) is 5.69 Å². The van der Waals surface area contributed by atoms with Gasteiger partial charge in [-0.3, -0.25) is 14.9 Å². The molecule has 0 unspecified atom stereocenters. The number of aromatic amines is 1. The second-order valence-electron chi connectivity index (χ2n) is 4.94. The summed E-state index contributed by atoms with van der Waals surface area (Å²) < 4.78 is 0. The molecule has 3 heterocycles. The van der Waals surface area contributed by atoms with Crippen LogP contribution < -0.4 is 5.32 Å². The lowest BCUT2D eigenvalue weighted by Crippen LogP contribution is -2.12. The van der Waals surface area contributed by atoms with Gasteiger partial charge < -0.3 is 5.32 Å². The van der Waals surface area contributed by atoms with Crippen LogP contribution in [0.2, 0.25) is 5.15 Å². The molecule has 0 saturated carbocycles. The third kappa shape index (κ3) is 4.14. The normalized spacial score (nSPS) is 10.5. The molecule has 116 valence electrons. The summed E-state index contributed by atoms with van der Waals surface area (Å²) in [6.07, 6.45) is 6.02. The second-order valence-corrected chi connectivity index (χ2v) is 5.33. The number of carbonyl (C=O) groups excluding carboxylic acids is 1. The van der Waals surface area contributed by atoms with E-state index in [9.17, 15) is 4.79 Å². The quantitative estimate of drug-likeness (QED) is 0.705. The van der Waals surface area contributed by atoms with E-state index < -0.39 is 0 Å². The lowest BCUT2D eigenvalue weighted by Gasteiger charge is -2.02. The molecule has 0 bridgehead atoms. The Hall–Kier alpha value is -2.73. The Morgan fingerprint density at radius 2 is 2.04 bits per heavy atom. The number of carbonyl (C=O) groups is 1. The number of halogens is 1. The smallest absolute Gasteiger partial charge is 0.225 e. The third-order valence-electron chi connectivity index (χ3n) is 3.27. The first-order chi connectivity index (χ1) is 11.2. The van der Waals surface area contributed by atoms with Crippen LogP contribution in [0.15, 0.2) is 48.9 Å². The van der Waals surface area contributed by atoms with Crippen LogP contribution in [-0.4, -0.2) is 26.1 Å². The van der Waals surface area contributed by atoms with Gasteiger partial charge in [-0.25, -0.2) is 4.98 Å². The minimum absolute atomic E-state index is 0.104. The lowest BCUT2D eigenvalue weighted by molar-refractivity contribution is -0.116. The Morgan fingerprint density at radius 3 is 2.78 bits per heavy atom. The van der Waals surface area contributed by atoms with Crippen molar-refractivity contribution in [2.24, 2.45) is 0 Å². The highest BCUT2D eigenvalue weighted by atomic mass is 35.5. The second kappa shape index (κ2) is 7.02. The van der Waals surface area contributed by atoms with Crippen LogP contribution in [0.25, 0.3) is 11.3 Å². The monoisotopic (exact) mass is 327 g/mol. The topological polar surface area (TPSA) is 83.6 Å². The molecule has 0 atom stereocenters. The van der Waals surface area contributed by atoms with E-state index in [1.807, 2.05) is 18.2 Å². The maximum atomic E-state index is 12.0. The zero-order valence-electron chi connectivity index (χ0n) is 12.2. The molecule has 6 nitrogen and oxygen atoms in total. The summed E-state index contributed by atoms with van der Waals surface area (Å²) >= 11 is 5.73. The number of aromatic nitrogens is 4. The minimum atomic E-state index is -0.104. The number of pyridine rings is 2. The molecule has 0 fully saturated rings. The van der Waals surface area contributed by atoms with Crippen molar-refractivity contribution in [3.8, 4) is 11.3 Å². The summed E-state index contributed by atoms with van der Waals surface area (Å²) in [4.78, 5) is 19.9. The molecule has 0 aromatic carbocycles. The standard InChI is InChI=1S/C16H14ClN5O/c17-14-3-1-11(10-19-14)2-4-16(23)20-15-9-13(21-22-15)12-5-7-18-8-6-12/h1,3,5-10H,2,4H2,(H2,20,21,22,23). The largest absolute Gasteiger partial charge is 0.309 e. The van der Waals surface area contributed by atoms with Crippen LogP contribution in [-0.2, 0) is 11.2 Å². The number of nitrogens with one attached hydrogen (secondary N) is 2. The van der Waals surface area contributed by atoms with Crippen molar-refractivity contribution >= 4 is 23.3 Å². The molecule has 0 radical (unpaired) electrons. The molecule has 0 aliphatic rings. The van der Waals surface area contributed by atoms with Gasteiger partial charge in [-0.1, -0.05) is 17.7 Å². The van der Waals surface area contributed by atoms with Gasteiger partial charge in [0.2, 0.25) is 5.91 Å². The summed E-state index contributed by atoms with van der Waals surface area (Å²) in [5.41, 5.74) is 2.74. The van der Waals surface area contributed by atoms with E-state index in [0.29, 0.717) is 23.8 Å². The van der Waals surface area contributed by atoms with Crippen molar-refractivity contribution in [3.05, 3.63) is 59.6 Å². The molecule has 3 aromatic rings. The van der Waals surface area contributed by atoms with Gasteiger partial charge in [0.1, 0.15) is 5.15 Å². The Balaban J connectivity index is 1.56. The highest BCUT2D eigenvalue weighted by Crippen LogP contribution is 2.18. The lowest BCUT2D eigenvalue weighted by atomic mass is 10.1. The van der Waals surface area contributed by atoms with Gasteiger partial charge in [-0.2, -0.15) is 5.10 Å². The first-order valence-corrected chi connectivity index (χ1v) is 7.44. The first kappa shape index (κ1) is 15.2. The first-order valence-electron chi connectivity index (χ1n) is 7.07.